The molecule has 258 valence electrons. The van der Waals surface area contributed by atoms with E-state index in [9.17, 15) is 40.2 Å². The van der Waals surface area contributed by atoms with Gasteiger partial charge in [0.15, 0.2) is 0 Å². The molecule has 0 bridgehead atoms. The van der Waals surface area contributed by atoms with Crippen LogP contribution in [0.2, 0.25) is 0 Å². The third kappa shape index (κ3) is 14.2. The van der Waals surface area contributed by atoms with Gasteiger partial charge in [-0.3, -0.25) is 9.68 Å². The van der Waals surface area contributed by atoms with Crippen LogP contribution >= 0.6 is 15.9 Å². The molecule has 12 N–H and O–H groups in total. The van der Waals surface area contributed by atoms with Crippen molar-refractivity contribution in [3.8, 4) is 5.75 Å². The first kappa shape index (κ1) is 40.6. The molecule has 1 amide bonds. The Hall–Kier alpha value is -2.46. The summed E-state index contributed by atoms with van der Waals surface area (Å²) < 4.78 is 10.5. The largest absolute Gasteiger partial charge is 0.507 e. The van der Waals surface area contributed by atoms with Crippen LogP contribution in [0.4, 0.5) is 4.79 Å². The van der Waals surface area contributed by atoms with E-state index in [0.29, 0.717) is 28.5 Å². The van der Waals surface area contributed by atoms with Crippen LogP contribution in [0.25, 0.3) is 11.0 Å². The quantitative estimate of drug-likeness (QED) is 0.0503. The molecule has 2 aromatic rings. The maximum atomic E-state index is 11.9. The summed E-state index contributed by atoms with van der Waals surface area (Å²) in [5.74, 6) is -0.0972. The Bertz CT molecular complexity index is 1220. The van der Waals surface area contributed by atoms with Gasteiger partial charge in [0, 0.05) is 49.3 Å². The molecule has 17 nitrogen and oxygen atoms in total. The number of halogens is 1. The van der Waals surface area contributed by atoms with Crippen molar-refractivity contribution in [2.75, 3.05) is 26.2 Å². The van der Waals surface area contributed by atoms with E-state index in [1.54, 1.807) is 6.07 Å². The smallest absolute Gasteiger partial charge is 0.407 e. The molecule has 0 fully saturated rings. The highest BCUT2D eigenvalue weighted by molar-refractivity contribution is 9.10. The van der Waals surface area contributed by atoms with E-state index in [1.807, 2.05) is 0 Å². The number of carbonyl (C=O) groups is 1. The molecule has 1 aromatic heterocycles. The van der Waals surface area contributed by atoms with Gasteiger partial charge >= 0.3 is 11.7 Å². The monoisotopic (exact) mass is 712 g/mol. The van der Waals surface area contributed by atoms with Gasteiger partial charge in [0.2, 0.25) is 0 Å². The minimum Gasteiger partial charge on any atom is -0.507 e. The predicted molar refractivity (Wildman–Crippen MR) is 164 cm³/mol. The summed E-state index contributed by atoms with van der Waals surface area (Å²) in [5, 5.41) is 69.3. The number of nitrogens with one attached hydrogen (secondary N) is 3. The second-order valence-corrected chi connectivity index (χ2v) is 10.9. The summed E-state index contributed by atoms with van der Waals surface area (Å²) in [5.41, 5.74) is 10.1. The predicted octanol–water partition coefficient (Wildman–Crippen LogP) is -1.54. The molecule has 0 aliphatic rings. The standard InChI is InChI=1S/C19H25BrN2O9.C8H20N2O4/c1-9(23)17(27)18(10(2)24)31-22-4-3-21-19(28)29-8-11-5-16(26)30-15-7-14(25)13(20)6-12(11)15;1-5(11)7(13)8(6(2)12)14-10-4-3-9/h5-7,9-10,17-18,22-25,27H,3-4,8H2,1-2H3,(H,21,28);5-8,10-13H,3-4,9H2,1-2H3. The van der Waals surface area contributed by atoms with E-state index in [2.05, 4.69) is 32.2 Å². The van der Waals surface area contributed by atoms with E-state index < -0.39 is 60.6 Å². The van der Waals surface area contributed by atoms with Gasteiger partial charge in [0.1, 0.15) is 42.4 Å². The van der Waals surface area contributed by atoms with Gasteiger partial charge in [-0.15, -0.1) is 0 Å². The molecule has 1 heterocycles. The molecule has 0 radical (unpaired) electrons. The van der Waals surface area contributed by atoms with Crippen LogP contribution in [0.3, 0.4) is 0 Å². The third-order valence-electron chi connectivity index (χ3n) is 6.05. The van der Waals surface area contributed by atoms with Crippen molar-refractivity contribution in [2.45, 2.75) is 83.1 Å². The maximum absolute atomic E-state index is 11.9. The number of aromatic hydroxyl groups is 1. The van der Waals surface area contributed by atoms with Gasteiger partial charge in [-0.1, -0.05) is 0 Å². The first-order valence-corrected chi connectivity index (χ1v) is 14.8. The summed E-state index contributed by atoms with van der Waals surface area (Å²) in [6, 6.07) is 4.02. The molecule has 18 heteroatoms. The van der Waals surface area contributed by atoms with Crippen molar-refractivity contribution in [3.05, 3.63) is 38.7 Å². The lowest BCUT2D eigenvalue weighted by Crippen LogP contribution is -2.47. The number of aliphatic hydroxyl groups is 6. The van der Waals surface area contributed by atoms with Gasteiger partial charge in [0.05, 0.1) is 28.9 Å². The number of phenols is 1. The Balaban J connectivity index is 0.000000609. The highest BCUT2D eigenvalue weighted by atomic mass is 79.9. The summed E-state index contributed by atoms with van der Waals surface area (Å²) in [6.07, 6.45) is -9.13. The minimum atomic E-state index is -1.30. The molecule has 0 aliphatic carbocycles. The Kier molecular flexibility index (Phi) is 18.6. The maximum Gasteiger partial charge on any atom is 0.407 e. The van der Waals surface area contributed by atoms with Gasteiger partial charge in [-0.05, 0) is 49.7 Å². The fraction of sp³-hybridized carbons (Fsp3) is 0.630. The van der Waals surface area contributed by atoms with Crippen LogP contribution in [0.1, 0.15) is 33.3 Å². The SMILES string of the molecule is CC(O)C(O)C(ONCCN)C(C)O.CC(O)C(O)C(ONCCNC(=O)OCc1cc(=O)oc2cc(O)c(Br)cc12)C(C)O. The number of carbonyl (C=O) groups excluding carboxylic acids is 1. The number of benzene rings is 1. The van der Waals surface area contributed by atoms with Crippen molar-refractivity contribution in [3.63, 3.8) is 0 Å². The lowest BCUT2D eigenvalue weighted by molar-refractivity contribution is -0.156. The normalized spacial score (nSPS) is 16.8. The number of hydrogen-bond acceptors (Lipinski definition) is 16. The van der Waals surface area contributed by atoms with Crippen LogP contribution in [0.15, 0.2) is 31.9 Å². The van der Waals surface area contributed by atoms with Crippen LogP contribution < -0.4 is 27.6 Å². The topological polar surface area (TPSA) is 279 Å². The Labute approximate surface area is 267 Å². The van der Waals surface area contributed by atoms with Crippen molar-refractivity contribution in [1.82, 2.24) is 16.3 Å². The van der Waals surface area contributed by atoms with E-state index in [1.165, 1.54) is 39.8 Å². The number of phenolic OH excluding ortho intramolecular Hbond substituents is 1. The fourth-order valence-electron chi connectivity index (χ4n) is 3.59. The molecule has 0 spiro atoms. The summed E-state index contributed by atoms with van der Waals surface area (Å²) >= 11 is 3.18. The number of fused-ring (bicyclic) bond motifs is 1. The van der Waals surface area contributed by atoms with Gasteiger partial charge in [0.25, 0.3) is 0 Å². The number of hydroxylamine groups is 2. The molecule has 45 heavy (non-hydrogen) atoms. The molecule has 0 aliphatic heterocycles. The molecule has 1 aromatic carbocycles. The number of hydrogen-bond donors (Lipinski definition) is 11. The number of alkyl carbamates (subject to hydrolysis) is 1. The fourth-order valence-corrected chi connectivity index (χ4v) is 3.93. The Morgan fingerprint density at radius 2 is 1.40 bits per heavy atom. The molecular weight excluding hydrogens is 668 g/mol. The second-order valence-electron chi connectivity index (χ2n) is 10.1. The van der Waals surface area contributed by atoms with Gasteiger partial charge < -0.3 is 56.0 Å². The highest BCUT2D eigenvalue weighted by Crippen LogP contribution is 2.30. The zero-order valence-corrected chi connectivity index (χ0v) is 27.0. The summed E-state index contributed by atoms with van der Waals surface area (Å²) in [6.45, 7) is 6.46. The van der Waals surface area contributed by atoms with Crippen molar-refractivity contribution in [2.24, 2.45) is 5.73 Å². The number of nitrogens with two attached hydrogens (primary N) is 1. The molecule has 2 rings (SSSR count). The number of ether oxygens (including phenoxy) is 1. The van der Waals surface area contributed by atoms with Crippen LogP contribution in [-0.2, 0) is 21.0 Å². The molecule has 0 saturated carbocycles. The first-order chi connectivity index (χ1) is 21.1. The average Bonchev–Trinajstić information content (AvgIpc) is 2.96. The van der Waals surface area contributed by atoms with Crippen molar-refractivity contribution < 1.29 is 59.4 Å². The molecular formula is C27H45BrN4O13. The Morgan fingerprint density at radius 3 is 1.89 bits per heavy atom. The van der Waals surface area contributed by atoms with Crippen molar-refractivity contribution in [1.29, 1.82) is 0 Å². The van der Waals surface area contributed by atoms with Crippen molar-refractivity contribution >= 4 is 33.0 Å². The molecule has 8 atom stereocenters. The molecule has 8 unspecified atom stereocenters. The van der Waals surface area contributed by atoms with Crippen LogP contribution in [-0.4, -0.2) is 117 Å². The third-order valence-corrected chi connectivity index (χ3v) is 6.69. The highest BCUT2D eigenvalue weighted by Gasteiger charge is 2.29. The second kappa shape index (κ2) is 20.6. The lowest BCUT2D eigenvalue weighted by atomic mass is 10.1. The number of amides is 1. The molecule has 0 saturated heterocycles. The van der Waals surface area contributed by atoms with Crippen LogP contribution in [0.5, 0.6) is 5.75 Å². The minimum absolute atomic E-state index is 0.0905. The van der Waals surface area contributed by atoms with E-state index in [4.69, 9.17) is 29.7 Å². The van der Waals surface area contributed by atoms with Crippen LogP contribution in [0, 0.1) is 0 Å². The van der Waals surface area contributed by atoms with E-state index >= 15 is 0 Å². The average molecular weight is 714 g/mol. The lowest BCUT2D eigenvalue weighted by Gasteiger charge is -2.27. The zero-order valence-electron chi connectivity index (χ0n) is 25.4. The number of rotatable bonds is 17. The van der Waals surface area contributed by atoms with Gasteiger partial charge in [-0.25, -0.2) is 20.5 Å². The first-order valence-electron chi connectivity index (χ1n) is 14.0. The zero-order chi connectivity index (χ0) is 34.3. The van der Waals surface area contributed by atoms with E-state index in [0.717, 1.165) is 0 Å². The van der Waals surface area contributed by atoms with Gasteiger partial charge in [-0.2, -0.15) is 0 Å². The summed E-state index contributed by atoms with van der Waals surface area (Å²) in [7, 11) is 0. The number of aliphatic hydroxyl groups excluding tert-OH is 6. The summed E-state index contributed by atoms with van der Waals surface area (Å²) in [4.78, 5) is 33.7. The Morgan fingerprint density at radius 1 is 0.867 bits per heavy atom. The van der Waals surface area contributed by atoms with E-state index in [-0.39, 0.29) is 31.0 Å².